The van der Waals surface area contributed by atoms with Gasteiger partial charge >= 0.3 is 0 Å². The highest BCUT2D eigenvalue weighted by Crippen LogP contribution is 2.22. The number of benzene rings is 2. The number of aryl methyl sites for hydroxylation is 2. The van der Waals surface area contributed by atoms with E-state index in [-0.39, 0.29) is 11.3 Å². The number of fused-ring (bicyclic) bond motifs is 1. The van der Waals surface area contributed by atoms with E-state index in [1.165, 1.54) is 4.68 Å². The molecule has 0 amide bonds. The fraction of sp³-hybridized carbons (Fsp3) is 0.174. The van der Waals surface area contributed by atoms with Crippen molar-refractivity contribution in [3.8, 4) is 11.4 Å². The SMILES string of the molecule is CCc1nc2ccc(Br)cc2c(=O)n1N=Cc1cc(C)n(-c2ccc(O)cc2)c1C. The van der Waals surface area contributed by atoms with Crippen LogP contribution < -0.4 is 5.56 Å². The van der Waals surface area contributed by atoms with Crippen molar-refractivity contribution in [3.05, 3.63) is 86.1 Å². The summed E-state index contributed by atoms with van der Waals surface area (Å²) in [7, 11) is 0. The average Bonchev–Trinajstić information content (AvgIpc) is 3.01. The molecule has 2 aromatic heterocycles. The van der Waals surface area contributed by atoms with Crippen molar-refractivity contribution in [3.63, 3.8) is 0 Å². The Balaban J connectivity index is 1.80. The third-order valence-corrected chi connectivity index (χ3v) is 5.58. The van der Waals surface area contributed by atoms with E-state index in [9.17, 15) is 9.90 Å². The van der Waals surface area contributed by atoms with Crippen LogP contribution >= 0.6 is 15.9 Å². The molecule has 0 radical (unpaired) electrons. The molecule has 152 valence electrons. The minimum Gasteiger partial charge on any atom is -0.508 e. The van der Waals surface area contributed by atoms with Crippen LogP contribution in [0.3, 0.4) is 0 Å². The van der Waals surface area contributed by atoms with Crippen molar-refractivity contribution >= 4 is 33.0 Å². The summed E-state index contributed by atoms with van der Waals surface area (Å²) in [6.45, 7) is 5.96. The van der Waals surface area contributed by atoms with Crippen molar-refractivity contribution in [1.82, 2.24) is 14.2 Å². The van der Waals surface area contributed by atoms with Crippen molar-refractivity contribution in [2.45, 2.75) is 27.2 Å². The van der Waals surface area contributed by atoms with Crippen LogP contribution in [0, 0.1) is 13.8 Å². The van der Waals surface area contributed by atoms with Gasteiger partial charge in [-0.25, -0.2) is 4.98 Å². The molecule has 30 heavy (non-hydrogen) atoms. The summed E-state index contributed by atoms with van der Waals surface area (Å²) in [5.41, 5.74) is 4.35. The number of phenolic OH excluding ortho intramolecular Hbond substituents is 1. The van der Waals surface area contributed by atoms with Crippen LogP contribution in [0.5, 0.6) is 5.75 Å². The monoisotopic (exact) mass is 464 g/mol. The largest absolute Gasteiger partial charge is 0.508 e. The standard InChI is InChI=1S/C23H21BrN4O2/c1-4-22-26-21-10-5-17(24)12-20(21)23(30)28(22)25-13-16-11-14(2)27(15(16)3)18-6-8-19(29)9-7-18/h5-13,29H,4H2,1-3H3. The molecule has 7 heteroatoms. The number of halogens is 1. The summed E-state index contributed by atoms with van der Waals surface area (Å²) >= 11 is 3.42. The van der Waals surface area contributed by atoms with E-state index in [0.717, 1.165) is 27.1 Å². The number of phenols is 1. The summed E-state index contributed by atoms with van der Waals surface area (Å²) in [5.74, 6) is 0.836. The van der Waals surface area contributed by atoms with Crippen LogP contribution in [0.15, 0.2) is 62.9 Å². The minimum absolute atomic E-state index is 0.193. The number of aromatic nitrogens is 3. The lowest BCUT2D eigenvalue weighted by molar-refractivity contribution is 0.475. The van der Waals surface area contributed by atoms with E-state index >= 15 is 0 Å². The summed E-state index contributed by atoms with van der Waals surface area (Å²) in [6, 6.07) is 14.5. The maximum absolute atomic E-state index is 13.1. The van der Waals surface area contributed by atoms with Gasteiger partial charge in [0.25, 0.3) is 5.56 Å². The Bertz CT molecular complexity index is 1330. The Kier molecular flexibility index (Phi) is 5.30. The highest BCUT2D eigenvalue weighted by molar-refractivity contribution is 9.10. The van der Waals surface area contributed by atoms with Crippen LogP contribution in [-0.4, -0.2) is 25.5 Å². The van der Waals surface area contributed by atoms with E-state index < -0.39 is 0 Å². The van der Waals surface area contributed by atoms with E-state index in [0.29, 0.717) is 23.1 Å². The topological polar surface area (TPSA) is 72.4 Å². The predicted octanol–water partition coefficient (Wildman–Crippen LogP) is 4.72. The first kappa shape index (κ1) is 20.1. The Morgan fingerprint density at radius 3 is 2.57 bits per heavy atom. The van der Waals surface area contributed by atoms with Crippen molar-refractivity contribution in [2.75, 3.05) is 0 Å². The fourth-order valence-corrected chi connectivity index (χ4v) is 3.94. The van der Waals surface area contributed by atoms with Crippen molar-refractivity contribution in [1.29, 1.82) is 0 Å². The number of hydrogen-bond donors (Lipinski definition) is 1. The second-order valence-corrected chi connectivity index (χ2v) is 8.00. The lowest BCUT2D eigenvalue weighted by Gasteiger charge is -2.10. The molecule has 1 N–H and O–H groups in total. The summed E-state index contributed by atoms with van der Waals surface area (Å²) in [4.78, 5) is 17.7. The minimum atomic E-state index is -0.193. The lowest BCUT2D eigenvalue weighted by Crippen LogP contribution is -2.22. The Morgan fingerprint density at radius 1 is 1.13 bits per heavy atom. The predicted molar refractivity (Wildman–Crippen MR) is 123 cm³/mol. The molecule has 0 aliphatic heterocycles. The summed E-state index contributed by atoms with van der Waals surface area (Å²) < 4.78 is 4.28. The number of hydrogen-bond acceptors (Lipinski definition) is 4. The number of aromatic hydroxyl groups is 1. The smallest absolute Gasteiger partial charge is 0.282 e. The van der Waals surface area contributed by atoms with Crippen LogP contribution in [0.4, 0.5) is 0 Å². The highest BCUT2D eigenvalue weighted by Gasteiger charge is 2.12. The zero-order valence-corrected chi connectivity index (χ0v) is 18.5. The molecule has 0 saturated carbocycles. The molecule has 0 fully saturated rings. The molecular formula is C23H21BrN4O2. The zero-order valence-electron chi connectivity index (χ0n) is 16.9. The van der Waals surface area contributed by atoms with Gasteiger partial charge in [0.1, 0.15) is 11.6 Å². The first-order valence-electron chi connectivity index (χ1n) is 9.63. The first-order valence-corrected chi connectivity index (χ1v) is 10.4. The molecule has 0 spiro atoms. The first-order chi connectivity index (χ1) is 14.4. The molecule has 0 aliphatic rings. The van der Waals surface area contributed by atoms with Crippen LogP contribution in [0.2, 0.25) is 0 Å². The highest BCUT2D eigenvalue weighted by atomic mass is 79.9. The van der Waals surface area contributed by atoms with Gasteiger partial charge in [-0.15, -0.1) is 0 Å². The van der Waals surface area contributed by atoms with Gasteiger partial charge in [-0.3, -0.25) is 4.79 Å². The molecule has 2 aromatic carbocycles. The molecule has 0 saturated heterocycles. The van der Waals surface area contributed by atoms with E-state index in [1.807, 2.05) is 51.1 Å². The van der Waals surface area contributed by atoms with E-state index in [4.69, 9.17) is 0 Å². The third-order valence-electron chi connectivity index (χ3n) is 5.08. The molecule has 0 aliphatic carbocycles. The van der Waals surface area contributed by atoms with E-state index in [1.54, 1.807) is 24.4 Å². The maximum atomic E-state index is 13.1. The Labute approximate surface area is 182 Å². The summed E-state index contributed by atoms with van der Waals surface area (Å²) in [5, 5.41) is 14.6. The second-order valence-electron chi connectivity index (χ2n) is 7.08. The van der Waals surface area contributed by atoms with Crippen LogP contribution in [-0.2, 0) is 6.42 Å². The maximum Gasteiger partial charge on any atom is 0.282 e. The van der Waals surface area contributed by atoms with Gasteiger partial charge in [0.15, 0.2) is 0 Å². The molecular weight excluding hydrogens is 444 g/mol. The normalized spacial score (nSPS) is 11.6. The molecule has 6 nitrogen and oxygen atoms in total. The molecule has 0 bridgehead atoms. The Morgan fingerprint density at radius 2 is 1.87 bits per heavy atom. The van der Waals surface area contributed by atoms with Crippen LogP contribution in [0.1, 0.15) is 29.7 Å². The molecule has 4 rings (SSSR count). The number of nitrogens with zero attached hydrogens (tertiary/aromatic N) is 4. The van der Waals surface area contributed by atoms with Gasteiger partial charge < -0.3 is 9.67 Å². The molecule has 2 heterocycles. The van der Waals surface area contributed by atoms with Crippen LogP contribution in [0.25, 0.3) is 16.6 Å². The second kappa shape index (κ2) is 7.91. The van der Waals surface area contributed by atoms with Gasteiger partial charge in [-0.05, 0) is 62.4 Å². The van der Waals surface area contributed by atoms with Gasteiger partial charge in [0.2, 0.25) is 0 Å². The van der Waals surface area contributed by atoms with Crippen molar-refractivity contribution in [2.24, 2.45) is 5.10 Å². The molecule has 4 aromatic rings. The lowest BCUT2D eigenvalue weighted by atomic mass is 10.2. The zero-order chi connectivity index (χ0) is 21.4. The van der Waals surface area contributed by atoms with Gasteiger partial charge in [0.05, 0.1) is 17.1 Å². The summed E-state index contributed by atoms with van der Waals surface area (Å²) in [6.07, 6.45) is 2.29. The molecule has 0 atom stereocenters. The van der Waals surface area contributed by atoms with Gasteiger partial charge in [-0.2, -0.15) is 9.78 Å². The fourth-order valence-electron chi connectivity index (χ4n) is 3.58. The van der Waals surface area contributed by atoms with Gasteiger partial charge in [0, 0.05) is 33.5 Å². The quantitative estimate of drug-likeness (QED) is 0.444. The average molecular weight is 465 g/mol. The van der Waals surface area contributed by atoms with Crippen molar-refractivity contribution < 1.29 is 5.11 Å². The van der Waals surface area contributed by atoms with Gasteiger partial charge in [-0.1, -0.05) is 22.9 Å². The number of rotatable bonds is 4. The Hall–Kier alpha value is -3.19. The molecule has 0 unspecified atom stereocenters. The van der Waals surface area contributed by atoms with E-state index in [2.05, 4.69) is 30.6 Å². The third kappa shape index (κ3) is 3.57.